The number of hydrogen-bond acceptors (Lipinski definition) is 8. The van der Waals surface area contributed by atoms with Crippen LogP contribution in [0.15, 0.2) is 18.2 Å². The smallest absolute Gasteiger partial charge is 0.408 e. The number of alkyl halides is 2. The van der Waals surface area contributed by atoms with Crippen LogP contribution < -0.4 is 14.8 Å². The van der Waals surface area contributed by atoms with E-state index in [1.165, 1.54) is 7.11 Å². The third-order valence-corrected chi connectivity index (χ3v) is 8.86. The molecule has 2 N–H and O–H groups in total. The van der Waals surface area contributed by atoms with Crippen LogP contribution in [0, 0.1) is 17.3 Å². The zero-order valence-electron chi connectivity index (χ0n) is 25.6. The molecule has 1 aliphatic carbocycles. The summed E-state index contributed by atoms with van der Waals surface area (Å²) in [6.45, 7) is 6.80. The van der Waals surface area contributed by atoms with Crippen molar-refractivity contribution in [3.05, 3.63) is 23.9 Å². The van der Waals surface area contributed by atoms with Crippen molar-refractivity contribution in [1.82, 2.24) is 20.2 Å². The molecule has 5 rings (SSSR count). The minimum atomic E-state index is -3.40. The predicted octanol–water partition coefficient (Wildman–Crippen LogP) is 4.90. The number of carbonyl (C=O) groups is 3. The van der Waals surface area contributed by atoms with Gasteiger partial charge in [-0.3, -0.25) is 4.79 Å². The Labute approximate surface area is 254 Å². The molecule has 2 aromatic rings. The van der Waals surface area contributed by atoms with Gasteiger partial charge in [-0.2, -0.15) is 8.78 Å². The molecule has 1 aromatic carbocycles. The number of alkyl carbamates (subject to hydrolysis) is 1. The fraction of sp³-hybridized carbons (Fsp3) is 0.645. The molecule has 0 radical (unpaired) electrons. The number of nitrogens with one attached hydrogen (secondary N) is 1. The number of hydrogen-bond donors (Lipinski definition) is 2. The normalized spacial score (nSPS) is 29.3. The number of benzene rings is 1. The molecular formula is C31H40F2N4O7. The number of carbonyl (C=O) groups excluding carboxylic acids is 2. The highest BCUT2D eigenvalue weighted by Crippen LogP contribution is 2.43. The second-order valence-electron chi connectivity index (χ2n) is 13.1. The molecule has 2 fully saturated rings. The Bertz CT molecular complexity index is 1430. The molecular weight excluding hydrogens is 578 g/mol. The Hall–Kier alpha value is -3.77. The molecule has 44 heavy (non-hydrogen) atoms. The van der Waals surface area contributed by atoms with Gasteiger partial charge in [0.15, 0.2) is 5.69 Å². The first-order chi connectivity index (χ1) is 20.7. The van der Waals surface area contributed by atoms with E-state index >= 15 is 8.78 Å². The van der Waals surface area contributed by atoms with Crippen molar-refractivity contribution in [3.8, 4) is 11.6 Å². The van der Waals surface area contributed by atoms with Crippen LogP contribution in [-0.4, -0.2) is 75.9 Å². The van der Waals surface area contributed by atoms with Gasteiger partial charge in [-0.25, -0.2) is 19.6 Å². The van der Waals surface area contributed by atoms with Gasteiger partial charge in [-0.05, 0) is 49.1 Å². The molecule has 11 nitrogen and oxygen atoms in total. The molecule has 1 aromatic heterocycles. The lowest BCUT2D eigenvalue weighted by atomic mass is 9.85. The third-order valence-electron chi connectivity index (χ3n) is 8.86. The largest absolute Gasteiger partial charge is 0.497 e. The average molecular weight is 619 g/mol. The Morgan fingerprint density at radius 2 is 1.91 bits per heavy atom. The second-order valence-corrected chi connectivity index (χ2v) is 13.1. The highest BCUT2D eigenvalue weighted by molar-refractivity contribution is 5.90. The number of nitrogens with zero attached hydrogens (tertiary/aromatic N) is 3. The number of carboxylic acids is 1. The van der Waals surface area contributed by atoms with E-state index in [9.17, 15) is 19.5 Å². The van der Waals surface area contributed by atoms with Gasteiger partial charge in [0.25, 0.3) is 5.92 Å². The van der Waals surface area contributed by atoms with Gasteiger partial charge in [0.05, 0.1) is 24.7 Å². The van der Waals surface area contributed by atoms with Gasteiger partial charge >= 0.3 is 12.1 Å². The van der Waals surface area contributed by atoms with E-state index in [1.54, 1.807) is 45.9 Å². The molecule has 6 atom stereocenters. The predicted molar refractivity (Wildman–Crippen MR) is 155 cm³/mol. The second kappa shape index (κ2) is 12.0. The molecule has 0 unspecified atom stereocenters. The Morgan fingerprint density at radius 3 is 2.57 bits per heavy atom. The fourth-order valence-electron chi connectivity index (χ4n) is 6.28. The molecule has 3 aliphatic rings. The molecule has 2 bridgehead atoms. The van der Waals surface area contributed by atoms with E-state index in [2.05, 4.69) is 15.3 Å². The topological polar surface area (TPSA) is 140 Å². The van der Waals surface area contributed by atoms with E-state index in [4.69, 9.17) is 14.2 Å². The first-order valence-electron chi connectivity index (χ1n) is 15.1. The maximum atomic E-state index is 15.9. The van der Waals surface area contributed by atoms with Crippen molar-refractivity contribution in [2.45, 2.75) is 96.4 Å². The summed E-state index contributed by atoms with van der Waals surface area (Å²) >= 11 is 0. The maximum Gasteiger partial charge on any atom is 0.408 e. The minimum Gasteiger partial charge on any atom is -0.497 e. The lowest BCUT2D eigenvalue weighted by molar-refractivity contribution is -0.151. The number of aliphatic carboxylic acids is 1. The summed E-state index contributed by atoms with van der Waals surface area (Å²) in [4.78, 5) is 49.4. The highest BCUT2D eigenvalue weighted by Gasteiger charge is 2.52. The summed E-state index contributed by atoms with van der Waals surface area (Å²) in [6, 6.07) is 2.27. The van der Waals surface area contributed by atoms with Crippen LogP contribution in [0.3, 0.4) is 0 Å². The van der Waals surface area contributed by atoms with Gasteiger partial charge in [0.2, 0.25) is 11.8 Å². The van der Waals surface area contributed by atoms with E-state index in [0.717, 1.165) is 4.90 Å². The summed E-state index contributed by atoms with van der Waals surface area (Å²) in [5.41, 5.74) is -0.933. The van der Waals surface area contributed by atoms with Gasteiger partial charge in [-0.15, -0.1) is 0 Å². The van der Waals surface area contributed by atoms with Crippen LogP contribution in [0.25, 0.3) is 11.0 Å². The number of methoxy groups -OCH3 is 1. The van der Waals surface area contributed by atoms with Crippen molar-refractivity contribution >= 4 is 29.0 Å². The molecule has 13 heteroatoms. The van der Waals surface area contributed by atoms with E-state index in [-0.39, 0.29) is 42.4 Å². The number of aromatic nitrogens is 2. The van der Waals surface area contributed by atoms with Crippen molar-refractivity contribution in [2.75, 3.05) is 13.7 Å². The number of ether oxygens (including phenoxy) is 3. The molecule has 1 saturated heterocycles. The first-order valence-corrected chi connectivity index (χ1v) is 15.1. The van der Waals surface area contributed by atoms with Crippen LogP contribution in [0.1, 0.15) is 71.9 Å². The van der Waals surface area contributed by atoms with Gasteiger partial charge < -0.3 is 29.5 Å². The Balaban J connectivity index is 1.59. The molecule has 240 valence electrons. The van der Waals surface area contributed by atoms with E-state index in [1.807, 2.05) is 0 Å². The SMILES string of the molecule is CC[C@@H]1[C@@H]2CN(C(=O)[C@H](C(C)(C)C)NC(=O)O[C@@H]3C[C@H]3CCCCC(F)(F)c3nc4ccc(OC)cc4nc3O2)[C@@H]1C(=O)O. The number of carboxylic acid groups (broad SMARTS) is 1. The van der Waals surface area contributed by atoms with E-state index in [0.29, 0.717) is 25.0 Å². The van der Waals surface area contributed by atoms with Gasteiger partial charge in [0.1, 0.15) is 30.0 Å². The quantitative estimate of drug-likeness (QED) is 0.491. The van der Waals surface area contributed by atoms with E-state index < -0.39 is 71.4 Å². The minimum absolute atomic E-state index is 0.0485. The van der Waals surface area contributed by atoms with Crippen LogP contribution in [0.5, 0.6) is 11.6 Å². The third kappa shape index (κ3) is 6.37. The van der Waals surface area contributed by atoms with Crippen molar-refractivity contribution in [3.63, 3.8) is 0 Å². The summed E-state index contributed by atoms with van der Waals surface area (Å²) in [7, 11) is 1.47. The number of fused-ring (bicyclic) bond motifs is 5. The summed E-state index contributed by atoms with van der Waals surface area (Å²) in [6.07, 6.45) is -0.442. The summed E-state index contributed by atoms with van der Waals surface area (Å²) in [5, 5.41) is 13.0. The first kappa shape index (κ1) is 31.6. The lowest BCUT2D eigenvalue weighted by Crippen LogP contribution is -2.57. The van der Waals surface area contributed by atoms with Crippen LogP contribution in [-0.2, 0) is 20.2 Å². The van der Waals surface area contributed by atoms with Crippen LogP contribution in [0.2, 0.25) is 0 Å². The molecule has 3 heterocycles. The monoisotopic (exact) mass is 618 g/mol. The van der Waals surface area contributed by atoms with Crippen LogP contribution >= 0.6 is 0 Å². The zero-order valence-corrected chi connectivity index (χ0v) is 25.6. The lowest BCUT2D eigenvalue weighted by Gasteiger charge is -2.34. The van der Waals surface area contributed by atoms with Gasteiger partial charge in [0, 0.05) is 18.4 Å². The Morgan fingerprint density at radius 1 is 1.16 bits per heavy atom. The summed E-state index contributed by atoms with van der Waals surface area (Å²) < 4.78 is 48.8. The number of halogens is 2. The van der Waals surface area contributed by atoms with Gasteiger partial charge in [-0.1, -0.05) is 34.1 Å². The maximum absolute atomic E-state index is 15.9. The highest BCUT2D eigenvalue weighted by atomic mass is 19.3. The fourth-order valence-corrected chi connectivity index (χ4v) is 6.28. The van der Waals surface area contributed by atoms with Crippen molar-refractivity contribution in [1.29, 1.82) is 0 Å². The zero-order chi connectivity index (χ0) is 32.0. The molecule has 2 amide bonds. The standard InChI is InChI=1S/C31H40F2N4O7/c1-6-18-22-15-37(23(18)28(39)40)27(38)25(30(2,3)4)36-29(41)44-21-13-16(21)9-7-8-12-31(32,33)24-26(43-22)35-20-14-17(42-5)10-11-19(20)34-24/h10-11,14,16,18,21-23,25H,6-9,12-13,15H2,1-5H3,(H,36,41)(H,39,40)/t16-,18-,21-,22+,23+,25-/m1/s1. The van der Waals surface area contributed by atoms with Crippen molar-refractivity contribution in [2.24, 2.45) is 17.3 Å². The molecule has 2 aliphatic heterocycles. The summed E-state index contributed by atoms with van der Waals surface area (Å²) in [5.74, 6) is -5.96. The average Bonchev–Trinajstić information content (AvgIpc) is 3.58. The van der Waals surface area contributed by atoms with Crippen LogP contribution in [0.4, 0.5) is 13.6 Å². The van der Waals surface area contributed by atoms with Crippen molar-refractivity contribution < 1.29 is 42.5 Å². The molecule has 1 saturated carbocycles. The number of amides is 2. The molecule has 0 spiro atoms. The Kier molecular flexibility index (Phi) is 8.60. The number of rotatable bonds is 3.